The highest BCUT2D eigenvalue weighted by atomic mass is 16.6. The number of H-pyrrole nitrogens is 1. The fourth-order valence-corrected chi connectivity index (χ4v) is 7.61. The van der Waals surface area contributed by atoms with Crippen molar-refractivity contribution in [3.63, 3.8) is 0 Å². The van der Waals surface area contributed by atoms with Crippen LogP contribution in [0, 0.1) is 29.1 Å². The molecule has 1 amide bonds. The Morgan fingerprint density at radius 1 is 1.13 bits per heavy atom. The highest BCUT2D eigenvalue weighted by Gasteiger charge is 2.78. The molecule has 3 N–H and O–H groups in total. The van der Waals surface area contributed by atoms with Crippen LogP contribution in [-0.4, -0.2) is 51.4 Å². The Labute approximate surface area is 228 Å². The van der Waals surface area contributed by atoms with Crippen LogP contribution in [0.25, 0.3) is 10.9 Å². The van der Waals surface area contributed by atoms with E-state index in [4.69, 9.17) is 4.74 Å². The summed E-state index contributed by atoms with van der Waals surface area (Å²) >= 11 is 0. The standard InChI is InChI=1S/C32H36N2O5/c1-17-8-7-13-32(25(36)12-11-24(35)28(37)18(2)14-17)27-26(19(3)31(4)30(32)39-31)23(34-29(27)38)15-20-16-33-22-10-6-5-9-21(20)22/h5-7,9-14,16-17,19,23,26-28,30,33,37H,8,15H2,1-4H3,(H,34,38). The molecule has 0 radical (unpaired) electrons. The van der Waals surface area contributed by atoms with Crippen molar-refractivity contribution in [2.24, 2.45) is 29.1 Å². The fourth-order valence-electron chi connectivity index (χ4n) is 7.61. The zero-order valence-electron chi connectivity index (χ0n) is 22.8. The van der Waals surface area contributed by atoms with Gasteiger partial charge in [0.1, 0.15) is 12.2 Å². The Morgan fingerprint density at radius 2 is 1.90 bits per heavy atom. The van der Waals surface area contributed by atoms with Crippen molar-refractivity contribution in [1.29, 1.82) is 0 Å². The highest BCUT2D eigenvalue weighted by Crippen LogP contribution is 2.66. The maximum Gasteiger partial charge on any atom is 0.225 e. The number of hydrogen-bond donors (Lipinski definition) is 3. The number of amides is 1. The molecule has 3 heterocycles. The van der Waals surface area contributed by atoms with Gasteiger partial charge in [-0.2, -0.15) is 0 Å². The number of carbonyl (C=O) groups excluding carboxylic acids is 3. The molecule has 1 aromatic heterocycles. The number of benzene rings is 1. The molecule has 1 aromatic carbocycles. The van der Waals surface area contributed by atoms with E-state index >= 15 is 0 Å². The molecule has 7 heteroatoms. The largest absolute Gasteiger partial charge is 0.381 e. The normalized spacial score (nSPS) is 40.1. The van der Waals surface area contributed by atoms with Crippen molar-refractivity contribution in [2.45, 2.75) is 64.4 Å². The molecular formula is C32H36N2O5. The monoisotopic (exact) mass is 528 g/mol. The lowest BCUT2D eigenvalue weighted by atomic mass is 9.53. The van der Waals surface area contributed by atoms with Crippen LogP contribution in [0.4, 0.5) is 0 Å². The summed E-state index contributed by atoms with van der Waals surface area (Å²) in [5.74, 6) is -1.73. The number of fused-ring (bicyclic) bond motifs is 5. The molecule has 9 atom stereocenters. The van der Waals surface area contributed by atoms with E-state index in [-0.39, 0.29) is 35.5 Å². The van der Waals surface area contributed by atoms with Crippen LogP contribution < -0.4 is 5.32 Å². The van der Waals surface area contributed by atoms with Crippen molar-refractivity contribution in [1.82, 2.24) is 10.3 Å². The molecule has 204 valence electrons. The Bertz CT molecular complexity index is 1450. The summed E-state index contributed by atoms with van der Waals surface area (Å²) in [5, 5.41) is 14.9. The van der Waals surface area contributed by atoms with Crippen LogP contribution in [0.1, 0.15) is 39.7 Å². The minimum atomic E-state index is -1.30. The number of aromatic nitrogens is 1. The van der Waals surface area contributed by atoms with Gasteiger partial charge in [-0.3, -0.25) is 14.4 Å². The number of epoxide rings is 1. The quantitative estimate of drug-likeness (QED) is 0.405. The summed E-state index contributed by atoms with van der Waals surface area (Å²) in [7, 11) is 0. The first-order chi connectivity index (χ1) is 18.6. The van der Waals surface area contributed by atoms with Crippen LogP contribution in [0.15, 0.2) is 66.4 Å². The number of rotatable bonds is 2. The van der Waals surface area contributed by atoms with E-state index in [0.717, 1.165) is 22.5 Å². The van der Waals surface area contributed by atoms with E-state index in [1.807, 2.05) is 56.5 Å². The van der Waals surface area contributed by atoms with Gasteiger partial charge < -0.3 is 20.1 Å². The smallest absolute Gasteiger partial charge is 0.225 e. The van der Waals surface area contributed by atoms with Crippen molar-refractivity contribution in [3.8, 4) is 0 Å². The molecule has 2 saturated heterocycles. The summed E-state index contributed by atoms with van der Waals surface area (Å²) in [6.45, 7) is 7.89. The minimum Gasteiger partial charge on any atom is -0.381 e. The second-order valence-electron chi connectivity index (χ2n) is 12.2. The molecule has 1 saturated carbocycles. The van der Waals surface area contributed by atoms with E-state index in [9.17, 15) is 19.5 Å². The number of nitrogens with one attached hydrogen (secondary N) is 2. The van der Waals surface area contributed by atoms with E-state index in [2.05, 4.69) is 23.3 Å². The number of aromatic amines is 1. The molecule has 39 heavy (non-hydrogen) atoms. The predicted molar refractivity (Wildman–Crippen MR) is 148 cm³/mol. The Hall–Kier alpha value is -3.29. The van der Waals surface area contributed by atoms with Gasteiger partial charge in [0.25, 0.3) is 0 Å². The summed E-state index contributed by atoms with van der Waals surface area (Å²) < 4.78 is 6.36. The molecule has 3 fully saturated rings. The molecule has 4 aliphatic rings. The van der Waals surface area contributed by atoms with E-state index in [1.54, 1.807) is 6.92 Å². The number of para-hydroxylation sites is 1. The lowest BCUT2D eigenvalue weighted by Crippen LogP contribution is -2.56. The van der Waals surface area contributed by atoms with Crippen LogP contribution in [-0.2, 0) is 25.5 Å². The fraction of sp³-hybridized carbons (Fsp3) is 0.469. The van der Waals surface area contributed by atoms with E-state index in [1.165, 1.54) is 6.08 Å². The lowest BCUT2D eigenvalue weighted by Gasteiger charge is -2.44. The maximum absolute atomic E-state index is 14.1. The Balaban J connectivity index is 1.43. The Kier molecular flexibility index (Phi) is 6.08. The maximum atomic E-state index is 14.1. The van der Waals surface area contributed by atoms with E-state index < -0.39 is 34.9 Å². The second-order valence-corrected chi connectivity index (χ2v) is 12.2. The average molecular weight is 529 g/mol. The number of ether oxygens (including phenoxy) is 1. The van der Waals surface area contributed by atoms with E-state index in [0.29, 0.717) is 18.4 Å². The molecule has 2 aliphatic heterocycles. The second kappa shape index (κ2) is 9.14. The zero-order valence-corrected chi connectivity index (χ0v) is 22.8. The summed E-state index contributed by atoms with van der Waals surface area (Å²) in [5.41, 5.74) is 0.935. The minimum absolute atomic E-state index is 0.0341. The number of hydrogen-bond acceptors (Lipinski definition) is 5. The van der Waals surface area contributed by atoms with Gasteiger partial charge in [0.15, 0.2) is 11.6 Å². The van der Waals surface area contributed by atoms with Gasteiger partial charge in [0.05, 0.1) is 16.9 Å². The molecule has 1 spiro atoms. The average Bonchev–Trinajstić information content (AvgIpc) is 3.31. The first kappa shape index (κ1) is 26.0. The van der Waals surface area contributed by atoms with Gasteiger partial charge in [0, 0.05) is 23.1 Å². The molecule has 0 bridgehead atoms. The number of allylic oxidation sites excluding steroid dienone is 3. The number of aliphatic hydroxyl groups excluding tert-OH is 1. The number of carbonyl (C=O) groups is 3. The predicted octanol–water partition coefficient (Wildman–Crippen LogP) is 3.83. The zero-order chi connectivity index (χ0) is 27.7. The molecular weight excluding hydrogens is 492 g/mol. The first-order valence-electron chi connectivity index (χ1n) is 13.9. The summed E-state index contributed by atoms with van der Waals surface area (Å²) in [6.07, 6.45) is 9.66. The van der Waals surface area contributed by atoms with Gasteiger partial charge in [-0.05, 0) is 73.8 Å². The van der Waals surface area contributed by atoms with Gasteiger partial charge >= 0.3 is 0 Å². The van der Waals surface area contributed by atoms with Crippen LogP contribution >= 0.6 is 0 Å². The van der Waals surface area contributed by atoms with Crippen LogP contribution in [0.5, 0.6) is 0 Å². The summed E-state index contributed by atoms with van der Waals surface area (Å²) in [6, 6.07) is 7.94. The van der Waals surface area contributed by atoms with Crippen molar-refractivity contribution in [3.05, 3.63) is 72.0 Å². The van der Waals surface area contributed by atoms with Gasteiger partial charge in [-0.15, -0.1) is 0 Å². The highest BCUT2D eigenvalue weighted by molar-refractivity contribution is 6.07. The van der Waals surface area contributed by atoms with Crippen molar-refractivity contribution < 1.29 is 24.2 Å². The van der Waals surface area contributed by atoms with Gasteiger partial charge in [-0.1, -0.05) is 50.3 Å². The topological polar surface area (TPSA) is 112 Å². The van der Waals surface area contributed by atoms with Crippen LogP contribution in [0.2, 0.25) is 0 Å². The SMILES string of the molecule is CC1=CC(C)CC=CC2(C(=O)C=CC(=O)C1O)C1C(=O)NC(Cc3c[nH]c4ccccc34)C1C(C)C1(C)OC12. The van der Waals surface area contributed by atoms with Gasteiger partial charge in [0.2, 0.25) is 5.91 Å². The first-order valence-corrected chi connectivity index (χ1v) is 13.9. The van der Waals surface area contributed by atoms with Crippen molar-refractivity contribution >= 4 is 28.4 Å². The van der Waals surface area contributed by atoms with Crippen LogP contribution in [0.3, 0.4) is 0 Å². The molecule has 9 unspecified atom stereocenters. The van der Waals surface area contributed by atoms with Crippen molar-refractivity contribution in [2.75, 3.05) is 0 Å². The lowest BCUT2D eigenvalue weighted by molar-refractivity contribution is -0.137. The third kappa shape index (κ3) is 3.89. The van der Waals surface area contributed by atoms with Gasteiger partial charge in [-0.25, -0.2) is 0 Å². The number of ketones is 2. The third-order valence-electron chi connectivity index (χ3n) is 9.81. The molecule has 6 rings (SSSR count). The number of aliphatic hydroxyl groups is 1. The molecule has 2 aliphatic carbocycles. The Morgan fingerprint density at radius 3 is 2.69 bits per heavy atom. The summed E-state index contributed by atoms with van der Waals surface area (Å²) in [4.78, 5) is 44.1. The molecule has 7 nitrogen and oxygen atoms in total. The third-order valence-corrected chi connectivity index (χ3v) is 9.81. The molecule has 2 aromatic rings.